The molecule has 2 saturated heterocycles. The zero-order valence-electron chi connectivity index (χ0n) is 36.7. The lowest BCUT2D eigenvalue weighted by Gasteiger charge is -2.54. The highest BCUT2D eigenvalue weighted by atomic mass is 19.1. The summed E-state index contributed by atoms with van der Waals surface area (Å²) in [6, 6.07) is 19.6. The molecule has 14 heteroatoms. The molecule has 3 amide bonds. The van der Waals surface area contributed by atoms with Crippen LogP contribution in [0, 0.1) is 11.2 Å². The molecule has 62 heavy (non-hydrogen) atoms. The molecule has 2 aliphatic rings. The number of pyridine rings is 1. The van der Waals surface area contributed by atoms with E-state index in [9.17, 15) is 19.5 Å². The van der Waals surface area contributed by atoms with Crippen molar-refractivity contribution < 1.29 is 28.6 Å². The van der Waals surface area contributed by atoms with Gasteiger partial charge in [0.15, 0.2) is 5.65 Å². The Morgan fingerprint density at radius 2 is 1.63 bits per heavy atom. The van der Waals surface area contributed by atoms with Crippen LogP contribution in [0.2, 0.25) is 0 Å². The number of aryl methyl sites for hydroxylation is 2. The Kier molecular flexibility index (Phi) is 13.3. The fourth-order valence-corrected chi connectivity index (χ4v) is 8.66. The van der Waals surface area contributed by atoms with Gasteiger partial charge in [-0.15, -0.1) is 0 Å². The number of aromatic nitrogens is 3. The minimum Gasteiger partial charge on any atom is -0.465 e. The van der Waals surface area contributed by atoms with Gasteiger partial charge in [-0.25, -0.2) is 18.9 Å². The number of amides is 3. The lowest BCUT2D eigenvalue weighted by Crippen LogP contribution is -2.67. The molecule has 7 rings (SSSR count). The van der Waals surface area contributed by atoms with E-state index in [1.165, 1.54) is 0 Å². The van der Waals surface area contributed by atoms with E-state index in [-0.39, 0.29) is 36.0 Å². The standard InChI is InChI=1S/C48H59FN8O5/c1-7-40-38(42(53-36-18-22-62-23-19-36)39-28-52-57(8-2)43(39)54-40)27-51-45(59)34-15-10-14-33(25-34)44(58)50-26-35-16-11-17-37(41(35)49)32-13-9-12-31(24-32)29-55-20-21-56(46(60)61)48(6,30-55)47(3,4)5/h9-17,24-25,28,36H,7-8,18-23,26-27,29-30H2,1-6H3,(H,50,58)(H,51,59)(H,53,54)(H,60,61)/t48-/m1/s1. The van der Waals surface area contributed by atoms with Crippen LogP contribution in [0.25, 0.3) is 22.2 Å². The van der Waals surface area contributed by atoms with Crippen LogP contribution in [-0.2, 0) is 37.3 Å². The second kappa shape index (κ2) is 18.6. The molecule has 1 atom stereocenters. The van der Waals surface area contributed by atoms with Gasteiger partial charge in [0, 0.05) is 98.6 Å². The summed E-state index contributed by atoms with van der Waals surface area (Å²) in [7, 11) is 0. The largest absolute Gasteiger partial charge is 0.465 e. The maximum absolute atomic E-state index is 16.2. The number of hydrogen-bond donors (Lipinski definition) is 4. The van der Waals surface area contributed by atoms with Crippen molar-refractivity contribution in [2.24, 2.45) is 5.41 Å². The van der Waals surface area contributed by atoms with Gasteiger partial charge in [-0.1, -0.05) is 70.2 Å². The SMILES string of the molecule is CCc1nc2c(cnn2CC)c(NC2CCOCC2)c1CNC(=O)c1cccc(C(=O)NCc2cccc(-c3cccc(CN4CCN(C(=O)O)[C@@](C)(C(C)(C)C)C4)c3)c2F)c1. The van der Waals surface area contributed by atoms with Crippen LogP contribution in [0.1, 0.15) is 97.5 Å². The van der Waals surface area contributed by atoms with Gasteiger partial charge >= 0.3 is 6.09 Å². The second-order valence-electron chi connectivity index (χ2n) is 17.6. The number of nitrogens with zero attached hydrogens (tertiary/aromatic N) is 5. The van der Waals surface area contributed by atoms with Crippen LogP contribution < -0.4 is 16.0 Å². The van der Waals surface area contributed by atoms with Crippen molar-refractivity contribution in [2.75, 3.05) is 38.2 Å². The van der Waals surface area contributed by atoms with E-state index < -0.39 is 23.4 Å². The van der Waals surface area contributed by atoms with Crippen molar-refractivity contribution in [3.05, 3.63) is 112 Å². The van der Waals surface area contributed by atoms with Crippen molar-refractivity contribution in [1.82, 2.24) is 35.2 Å². The fourth-order valence-electron chi connectivity index (χ4n) is 8.66. The molecule has 4 heterocycles. The van der Waals surface area contributed by atoms with Gasteiger partial charge in [-0.3, -0.25) is 19.4 Å². The van der Waals surface area contributed by atoms with Crippen molar-refractivity contribution in [3.8, 4) is 11.1 Å². The highest BCUT2D eigenvalue weighted by Gasteiger charge is 2.48. The maximum Gasteiger partial charge on any atom is 0.407 e. The maximum atomic E-state index is 16.2. The van der Waals surface area contributed by atoms with E-state index in [0.29, 0.717) is 74.6 Å². The fraction of sp³-hybridized carbons (Fsp3) is 0.438. The minimum absolute atomic E-state index is 0.0549. The van der Waals surface area contributed by atoms with Gasteiger partial charge in [0.2, 0.25) is 0 Å². The van der Waals surface area contributed by atoms with E-state index >= 15 is 4.39 Å². The number of carbonyl (C=O) groups excluding carboxylic acids is 2. The Bertz CT molecular complexity index is 2440. The summed E-state index contributed by atoms with van der Waals surface area (Å²) in [5.41, 5.74) is 5.66. The Balaban J connectivity index is 1.01. The smallest absolute Gasteiger partial charge is 0.407 e. The number of carboxylic acid groups (broad SMARTS) is 1. The summed E-state index contributed by atoms with van der Waals surface area (Å²) in [4.78, 5) is 48.0. The lowest BCUT2D eigenvalue weighted by atomic mass is 9.72. The topological polar surface area (TPSA) is 154 Å². The Morgan fingerprint density at radius 3 is 2.31 bits per heavy atom. The molecular weight excluding hydrogens is 788 g/mol. The van der Waals surface area contributed by atoms with Gasteiger partial charge in [0.05, 0.1) is 22.8 Å². The number of hydrogen-bond acceptors (Lipinski definition) is 8. The van der Waals surface area contributed by atoms with Crippen LogP contribution in [0.4, 0.5) is 14.9 Å². The van der Waals surface area contributed by atoms with E-state index in [1.807, 2.05) is 55.9 Å². The number of halogens is 1. The first-order valence-corrected chi connectivity index (χ1v) is 21.7. The normalized spacial score (nSPS) is 17.6. The second-order valence-corrected chi connectivity index (χ2v) is 17.6. The third-order valence-corrected chi connectivity index (χ3v) is 12.8. The summed E-state index contributed by atoms with van der Waals surface area (Å²) in [6.45, 7) is 16.7. The third-order valence-electron chi connectivity index (χ3n) is 12.8. The molecule has 328 valence electrons. The molecular formula is C48H59FN8O5. The molecule has 5 aromatic rings. The van der Waals surface area contributed by atoms with Gasteiger partial charge in [0.1, 0.15) is 5.82 Å². The molecule has 2 fully saturated rings. The molecule has 0 unspecified atom stereocenters. The number of fused-ring (bicyclic) bond motifs is 1. The zero-order valence-corrected chi connectivity index (χ0v) is 36.7. The van der Waals surface area contributed by atoms with E-state index in [0.717, 1.165) is 46.4 Å². The van der Waals surface area contributed by atoms with E-state index in [1.54, 1.807) is 47.4 Å². The predicted octanol–water partition coefficient (Wildman–Crippen LogP) is 7.87. The van der Waals surface area contributed by atoms with Gasteiger partial charge in [-0.2, -0.15) is 5.10 Å². The molecule has 0 spiro atoms. The van der Waals surface area contributed by atoms with Crippen LogP contribution in [0.5, 0.6) is 0 Å². The van der Waals surface area contributed by atoms with Crippen LogP contribution >= 0.6 is 0 Å². The lowest BCUT2D eigenvalue weighted by molar-refractivity contribution is -0.0461. The summed E-state index contributed by atoms with van der Waals surface area (Å²) in [6.07, 6.45) is 3.33. The number of ether oxygens (including phenoxy) is 1. The highest BCUT2D eigenvalue weighted by molar-refractivity contribution is 6.00. The average molecular weight is 847 g/mol. The number of piperazine rings is 1. The van der Waals surface area contributed by atoms with Crippen LogP contribution in [0.15, 0.2) is 72.9 Å². The zero-order chi connectivity index (χ0) is 44.2. The van der Waals surface area contributed by atoms with Crippen molar-refractivity contribution in [2.45, 2.75) is 98.6 Å². The van der Waals surface area contributed by atoms with Gasteiger partial charge < -0.3 is 25.8 Å². The van der Waals surface area contributed by atoms with Crippen molar-refractivity contribution >= 4 is 34.6 Å². The number of rotatable bonds is 13. The van der Waals surface area contributed by atoms with Crippen LogP contribution in [-0.4, -0.2) is 92.0 Å². The Labute approximate surface area is 363 Å². The summed E-state index contributed by atoms with van der Waals surface area (Å²) < 4.78 is 23.7. The number of carbonyl (C=O) groups is 3. The molecule has 13 nitrogen and oxygen atoms in total. The molecule has 0 bridgehead atoms. The predicted molar refractivity (Wildman–Crippen MR) is 239 cm³/mol. The van der Waals surface area contributed by atoms with Crippen molar-refractivity contribution in [3.63, 3.8) is 0 Å². The Hall–Kier alpha value is -5.86. The average Bonchev–Trinajstić information content (AvgIpc) is 3.68. The first-order valence-electron chi connectivity index (χ1n) is 21.7. The molecule has 2 aliphatic heterocycles. The minimum atomic E-state index is -0.912. The first-order chi connectivity index (χ1) is 29.7. The molecule has 2 aromatic heterocycles. The number of anilines is 1. The van der Waals surface area contributed by atoms with E-state index in [4.69, 9.17) is 9.72 Å². The molecule has 3 aromatic carbocycles. The number of nitrogens with one attached hydrogen (secondary N) is 3. The Morgan fingerprint density at radius 1 is 0.935 bits per heavy atom. The quantitative estimate of drug-likeness (QED) is 0.0928. The molecule has 0 aliphatic carbocycles. The highest BCUT2D eigenvalue weighted by Crippen LogP contribution is 2.39. The van der Waals surface area contributed by atoms with Crippen molar-refractivity contribution in [1.29, 1.82) is 0 Å². The summed E-state index contributed by atoms with van der Waals surface area (Å²) in [5.74, 6) is -1.20. The van der Waals surface area contributed by atoms with Gasteiger partial charge in [-0.05, 0) is 73.9 Å². The monoisotopic (exact) mass is 846 g/mol. The number of benzene rings is 3. The third kappa shape index (κ3) is 9.31. The van der Waals surface area contributed by atoms with Crippen LogP contribution in [0.3, 0.4) is 0 Å². The first kappa shape index (κ1) is 44.2. The molecule has 0 saturated carbocycles. The summed E-state index contributed by atoms with van der Waals surface area (Å²) in [5, 5.41) is 25.1. The summed E-state index contributed by atoms with van der Waals surface area (Å²) >= 11 is 0. The molecule has 4 N–H and O–H groups in total. The van der Waals surface area contributed by atoms with Gasteiger partial charge in [0.25, 0.3) is 11.8 Å². The van der Waals surface area contributed by atoms with E-state index in [2.05, 4.69) is 46.7 Å². The molecule has 0 radical (unpaired) electrons.